The number of hydrogen-bond donors (Lipinski definition) is 3. The van der Waals surface area contributed by atoms with Gasteiger partial charge in [-0.1, -0.05) is 0 Å². The van der Waals surface area contributed by atoms with Gasteiger partial charge in [-0.3, -0.25) is 9.79 Å². The number of guanidine groups is 1. The van der Waals surface area contributed by atoms with Gasteiger partial charge in [0.25, 0.3) is 5.91 Å². The molecule has 1 aromatic carbocycles. The van der Waals surface area contributed by atoms with Gasteiger partial charge in [-0.05, 0) is 44.5 Å². The minimum atomic E-state index is -2.98. The van der Waals surface area contributed by atoms with E-state index in [0.29, 0.717) is 43.3 Å². The maximum atomic E-state index is 12.1. The second-order valence-corrected chi connectivity index (χ2v) is 8.47. The van der Waals surface area contributed by atoms with Gasteiger partial charge in [-0.15, -0.1) is 0 Å². The summed E-state index contributed by atoms with van der Waals surface area (Å²) in [5, 5.41) is 9.09. The molecule has 9 heteroatoms. The Morgan fingerprint density at radius 2 is 1.89 bits per heavy atom. The number of amides is 1. The molecule has 0 aliphatic heterocycles. The van der Waals surface area contributed by atoms with Crippen LogP contribution in [0.3, 0.4) is 0 Å². The van der Waals surface area contributed by atoms with Gasteiger partial charge >= 0.3 is 0 Å². The number of nitrogens with zero attached hydrogens (tertiary/aromatic N) is 1. The highest BCUT2D eigenvalue weighted by Gasteiger charge is 2.09. The molecule has 0 aliphatic carbocycles. The van der Waals surface area contributed by atoms with Gasteiger partial charge in [0.15, 0.2) is 5.96 Å². The Kier molecular flexibility index (Phi) is 9.63. The van der Waals surface area contributed by atoms with E-state index in [1.54, 1.807) is 31.4 Å². The van der Waals surface area contributed by atoms with Crippen LogP contribution < -0.4 is 20.7 Å². The highest BCUT2D eigenvalue weighted by atomic mass is 32.2. The van der Waals surface area contributed by atoms with Crippen LogP contribution in [0.5, 0.6) is 5.75 Å². The molecule has 3 N–H and O–H groups in total. The van der Waals surface area contributed by atoms with Crippen LogP contribution in [0.4, 0.5) is 0 Å². The fourth-order valence-electron chi connectivity index (χ4n) is 2.20. The van der Waals surface area contributed by atoms with E-state index >= 15 is 0 Å². The molecular weight excluding hydrogens is 368 g/mol. The Morgan fingerprint density at radius 3 is 2.44 bits per heavy atom. The predicted molar refractivity (Wildman–Crippen MR) is 108 cm³/mol. The third-order valence-electron chi connectivity index (χ3n) is 3.67. The van der Waals surface area contributed by atoms with Crippen molar-refractivity contribution >= 4 is 21.7 Å². The van der Waals surface area contributed by atoms with Gasteiger partial charge in [-0.25, -0.2) is 8.42 Å². The van der Waals surface area contributed by atoms with Crippen LogP contribution in [-0.2, 0) is 9.84 Å². The largest absolute Gasteiger partial charge is 0.497 e. The Balaban J connectivity index is 2.46. The van der Waals surface area contributed by atoms with Gasteiger partial charge in [0.2, 0.25) is 0 Å². The average Bonchev–Trinajstić information content (AvgIpc) is 2.63. The number of benzene rings is 1. The third kappa shape index (κ3) is 9.83. The van der Waals surface area contributed by atoms with Gasteiger partial charge in [0, 0.05) is 31.0 Å². The van der Waals surface area contributed by atoms with Gasteiger partial charge < -0.3 is 20.7 Å². The summed E-state index contributed by atoms with van der Waals surface area (Å²) >= 11 is 0. The molecule has 0 aliphatic rings. The van der Waals surface area contributed by atoms with Crippen molar-refractivity contribution in [3.63, 3.8) is 0 Å². The second kappa shape index (κ2) is 11.4. The predicted octanol–water partition coefficient (Wildman–Crippen LogP) is 0.803. The molecule has 0 heterocycles. The normalized spacial score (nSPS) is 13.0. The Morgan fingerprint density at radius 1 is 1.22 bits per heavy atom. The zero-order valence-corrected chi connectivity index (χ0v) is 17.2. The molecule has 1 atom stereocenters. The van der Waals surface area contributed by atoms with E-state index in [1.807, 2.05) is 13.8 Å². The smallest absolute Gasteiger partial charge is 0.251 e. The Bertz CT molecular complexity index is 717. The molecule has 0 aromatic heterocycles. The minimum Gasteiger partial charge on any atom is -0.497 e. The zero-order chi connectivity index (χ0) is 20.3. The molecule has 0 spiro atoms. The fourth-order valence-corrected chi connectivity index (χ4v) is 2.98. The summed E-state index contributed by atoms with van der Waals surface area (Å²) in [5.74, 6) is 1.24. The van der Waals surface area contributed by atoms with E-state index < -0.39 is 9.84 Å². The molecular formula is C18H30N4O4S. The Labute approximate surface area is 161 Å². The number of aliphatic imine (C=N–C) groups is 1. The molecule has 0 bridgehead atoms. The summed E-state index contributed by atoms with van der Waals surface area (Å²) < 4.78 is 27.6. The number of methoxy groups -OCH3 is 1. The average molecular weight is 399 g/mol. The van der Waals surface area contributed by atoms with Crippen molar-refractivity contribution < 1.29 is 17.9 Å². The molecule has 0 fully saturated rings. The molecule has 152 valence electrons. The molecule has 27 heavy (non-hydrogen) atoms. The summed E-state index contributed by atoms with van der Waals surface area (Å²) in [5.41, 5.74) is 0.555. The van der Waals surface area contributed by atoms with Crippen LogP contribution >= 0.6 is 0 Å². The van der Waals surface area contributed by atoms with Crippen molar-refractivity contribution in [2.45, 2.75) is 26.3 Å². The number of hydrogen-bond acceptors (Lipinski definition) is 5. The summed E-state index contributed by atoms with van der Waals surface area (Å²) in [6.07, 6.45) is 1.72. The van der Waals surface area contributed by atoms with Gasteiger partial charge in [0.1, 0.15) is 15.6 Å². The second-order valence-electron chi connectivity index (χ2n) is 6.21. The first kappa shape index (κ1) is 22.8. The lowest BCUT2D eigenvalue weighted by Crippen LogP contribution is -2.43. The van der Waals surface area contributed by atoms with Crippen molar-refractivity contribution in [1.82, 2.24) is 16.0 Å². The first-order chi connectivity index (χ1) is 12.7. The highest BCUT2D eigenvalue weighted by Crippen LogP contribution is 2.10. The molecule has 0 saturated carbocycles. The van der Waals surface area contributed by atoms with E-state index in [9.17, 15) is 13.2 Å². The van der Waals surface area contributed by atoms with Gasteiger partial charge in [0.05, 0.1) is 19.4 Å². The molecule has 1 unspecified atom stereocenters. The highest BCUT2D eigenvalue weighted by molar-refractivity contribution is 7.90. The fraction of sp³-hybridized carbons (Fsp3) is 0.556. The lowest BCUT2D eigenvalue weighted by Gasteiger charge is -2.17. The van der Waals surface area contributed by atoms with Crippen LogP contribution in [0.15, 0.2) is 29.3 Å². The van der Waals surface area contributed by atoms with Crippen LogP contribution in [0.25, 0.3) is 0 Å². The van der Waals surface area contributed by atoms with E-state index in [0.717, 1.165) is 0 Å². The molecule has 0 radical (unpaired) electrons. The molecule has 8 nitrogen and oxygen atoms in total. The molecule has 1 amide bonds. The van der Waals surface area contributed by atoms with E-state index in [4.69, 9.17) is 4.74 Å². The maximum Gasteiger partial charge on any atom is 0.251 e. The SMILES string of the molecule is CCNC(=NCCNC(=O)c1ccc(OC)cc1)NC(C)CCS(C)(=O)=O. The third-order valence-corrected chi connectivity index (χ3v) is 4.65. The van der Waals surface area contributed by atoms with E-state index in [1.165, 1.54) is 6.26 Å². The molecule has 0 saturated heterocycles. The molecule has 1 aromatic rings. The van der Waals surface area contributed by atoms with Crippen molar-refractivity contribution in [1.29, 1.82) is 0 Å². The number of carbonyl (C=O) groups is 1. The standard InChI is InChI=1S/C18H30N4O4S/c1-5-19-18(22-14(2)10-13-27(4,24)25)21-12-11-20-17(23)15-6-8-16(26-3)9-7-15/h6-9,14H,5,10-13H2,1-4H3,(H,20,23)(H2,19,21,22). The van der Waals surface area contributed by atoms with E-state index in [-0.39, 0.29) is 17.7 Å². The number of nitrogens with one attached hydrogen (secondary N) is 3. The van der Waals surface area contributed by atoms with E-state index in [2.05, 4.69) is 20.9 Å². The zero-order valence-electron chi connectivity index (χ0n) is 16.4. The van der Waals surface area contributed by atoms with Crippen molar-refractivity contribution in [2.75, 3.05) is 38.8 Å². The van der Waals surface area contributed by atoms with Crippen molar-refractivity contribution in [3.8, 4) is 5.75 Å². The quantitative estimate of drug-likeness (QED) is 0.306. The lowest BCUT2D eigenvalue weighted by molar-refractivity contribution is 0.0954. The summed E-state index contributed by atoms with van der Waals surface area (Å²) in [7, 11) is -1.41. The maximum absolute atomic E-state index is 12.1. The minimum absolute atomic E-state index is 0.0357. The van der Waals surface area contributed by atoms with Crippen LogP contribution in [0.1, 0.15) is 30.6 Å². The topological polar surface area (TPSA) is 109 Å². The Hall–Kier alpha value is -2.29. The number of carbonyl (C=O) groups excluding carboxylic acids is 1. The van der Waals surface area contributed by atoms with Crippen LogP contribution in [0, 0.1) is 0 Å². The monoisotopic (exact) mass is 398 g/mol. The van der Waals surface area contributed by atoms with Crippen LogP contribution in [-0.4, -0.2) is 65.1 Å². The first-order valence-electron chi connectivity index (χ1n) is 8.90. The number of ether oxygens (including phenoxy) is 1. The number of sulfone groups is 1. The van der Waals surface area contributed by atoms with Gasteiger partial charge in [-0.2, -0.15) is 0 Å². The lowest BCUT2D eigenvalue weighted by atomic mass is 10.2. The van der Waals surface area contributed by atoms with Crippen molar-refractivity contribution in [3.05, 3.63) is 29.8 Å². The molecule has 1 rings (SSSR count). The summed E-state index contributed by atoms with van der Waals surface area (Å²) in [4.78, 5) is 16.5. The first-order valence-corrected chi connectivity index (χ1v) is 11.0. The number of rotatable bonds is 10. The van der Waals surface area contributed by atoms with Crippen molar-refractivity contribution in [2.24, 2.45) is 4.99 Å². The summed E-state index contributed by atoms with van der Waals surface area (Å²) in [6, 6.07) is 6.83. The summed E-state index contributed by atoms with van der Waals surface area (Å²) in [6.45, 7) is 5.32. The van der Waals surface area contributed by atoms with Crippen LogP contribution in [0.2, 0.25) is 0 Å².